The van der Waals surface area contributed by atoms with Crippen molar-refractivity contribution in [3.63, 3.8) is 0 Å². The Morgan fingerprint density at radius 2 is 2.19 bits per heavy atom. The van der Waals surface area contributed by atoms with Crippen molar-refractivity contribution in [3.8, 4) is 0 Å². The van der Waals surface area contributed by atoms with Crippen molar-refractivity contribution in [1.29, 1.82) is 0 Å². The summed E-state index contributed by atoms with van der Waals surface area (Å²) in [4.78, 5) is 4.26. The van der Waals surface area contributed by atoms with Crippen molar-refractivity contribution in [2.75, 3.05) is 0 Å². The van der Waals surface area contributed by atoms with E-state index in [0.717, 1.165) is 24.4 Å². The van der Waals surface area contributed by atoms with Crippen LogP contribution in [-0.4, -0.2) is 19.7 Å². The van der Waals surface area contributed by atoms with Crippen LogP contribution >= 0.6 is 11.6 Å². The Morgan fingerprint density at radius 3 is 2.88 bits per heavy atom. The molecule has 0 radical (unpaired) electrons. The summed E-state index contributed by atoms with van der Waals surface area (Å²) in [5.74, 6) is 0.915. The molecular formula is C11H13ClN4. The highest BCUT2D eigenvalue weighted by Gasteiger charge is 2.09. The van der Waals surface area contributed by atoms with Gasteiger partial charge in [0.2, 0.25) is 5.28 Å². The topological polar surface area (TPSA) is 43.6 Å². The van der Waals surface area contributed by atoms with Gasteiger partial charge in [0.05, 0.1) is 12.2 Å². The lowest BCUT2D eigenvalue weighted by Crippen LogP contribution is -2.06. The number of pyridine rings is 1. The quantitative estimate of drug-likeness (QED) is 0.818. The van der Waals surface area contributed by atoms with Crippen LogP contribution < -0.4 is 0 Å². The second kappa shape index (κ2) is 5.07. The van der Waals surface area contributed by atoms with E-state index in [1.807, 2.05) is 22.8 Å². The van der Waals surface area contributed by atoms with Gasteiger partial charge in [-0.25, -0.2) is 0 Å². The number of aryl methyl sites for hydroxylation is 1. The predicted octanol–water partition coefficient (Wildman–Crippen LogP) is 2.33. The van der Waals surface area contributed by atoms with Crippen molar-refractivity contribution in [2.24, 2.45) is 0 Å². The van der Waals surface area contributed by atoms with Crippen LogP contribution in [0.4, 0.5) is 0 Å². The van der Waals surface area contributed by atoms with Gasteiger partial charge in [0, 0.05) is 12.6 Å². The van der Waals surface area contributed by atoms with Gasteiger partial charge in [0.25, 0.3) is 0 Å². The highest BCUT2D eigenvalue weighted by atomic mass is 35.5. The Hall–Kier alpha value is -1.42. The largest absolute Gasteiger partial charge is 0.296 e. The van der Waals surface area contributed by atoms with Crippen LogP contribution in [0.3, 0.4) is 0 Å². The van der Waals surface area contributed by atoms with E-state index in [1.165, 1.54) is 0 Å². The van der Waals surface area contributed by atoms with Gasteiger partial charge in [-0.2, -0.15) is 0 Å². The first-order valence-corrected chi connectivity index (χ1v) is 5.66. The molecule has 0 saturated heterocycles. The van der Waals surface area contributed by atoms with Gasteiger partial charge < -0.3 is 0 Å². The summed E-state index contributed by atoms with van der Waals surface area (Å²) in [6, 6.07) is 5.82. The molecular weight excluding hydrogens is 224 g/mol. The summed E-state index contributed by atoms with van der Waals surface area (Å²) < 4.78 is 1.90. The molecule has 0 atom stereocenters. The summed E-state index contributed by atoms with van der Waals surface area (Å²) in [7, 11) is 0. The fourth-order valence-electron chi connectivity index (χ4n) is 1.53. The highest BCUT2D eigenvalue weighted by Crippen LogP contribution is 2.12. The molecule has 0 unspecified atom stereocenters. The average molecular weight is 237 g/mol. The molecule has 0 amide bonds. The third kappa shape index (κ3) is 2.39. The van der Waals surface area contributed by atoms with E-state index < -0.39 is 0 Å². The third-order valence-electron chi connectivity index (χ3n) is 2.30. The van der Waals surface area contributed by atoms with Crippen molar-refractivity contribution in [3.05, 3.63) is 41.2 Å². The maximum Gasteiger partial charge on any atom is 0.225 e. The molecule has 0 saturated carbocycles. The first-order valence-electron chi connectivity index (χ1n) is 5.28. The van der Waals surface area contributed by atoms with E-state index in [-0.39, 0.29) is 0 Å². The van der Waals surface area contributed by atoms with Crippen LogP contribution in [-0.2, 0) is 13.0 Å². The summed E-state index contributed by atoms with van der Waals surface area (Å²) in [6.45, 7) is 2.73. The number of hydrogen-bond acceptors (Lipinski definition) is 3. The molecule has 84 valence electrons. The summed E-state index contributed by atoms with van der Waals surface area (Å²) in [5.41, 5.74) is 0.960. The molecule has 0 spiro atoms. The van der Waals surface area contributed by atoms with Crippen LogP contribution in [0.15, 0.2) is 24.4 Å². The Morgan fingerprint density at radius 1 is 1.31 bits per heavy atom. The second-order valence-electron chi connectivity index (χ2n) is 3.54. The lowest BCUT2D eigenvalue weighted by atomic mass is 10.3. The lowest BCUT2D eigenvalue weighted by Gasteiger charge is -2.06. The summed E-state index contributed by atoms with van der Waals surface area (Å²) >= 11 is 5.99. The van der Waals surface area contributed by atoms with E-state index in [4.69, 9.17) is 11.6 Å². The smallest absolute Gasteiger partial charge is 0.225 e. The number of rotatable bonds is 4. The molecule has 5 heteroatoms. The fraction of sp³-hybridized carbons (Fsp3) is 0.364. The van der Waals surface area contributed by atoms with Crippen LogP contribution in [0.5, 0.6) is 0 Å². The Kier molecular flexibility index (Phi) is 3.51. The molecule has 16 heavy (non-hydrogen) atoms. The van der Waals surface area contributed by atoms with Gasteiger partial charge in [0.1, 0.15) is 5.82 Å². The maximum absolute atomic E-state index is 5.99. The molecule has 0 aliphatic heterocycles. The number of nitrogens with zero attached hydrogens (tertiary/aromatic N) is 4. The predicted molar refractivity (Wildman–Crippen MR) is 62.4 cm³/mol. The molecule has 0 aliphatic carbocycles. The van der Waals surface area contributed by atoms with Gasteiger partial charge in [-0.05, 0) is 30.2 Å². The van der Waals surface area contributed by atoms with Crippen LogP contribution in [0, 0.1) is 0 Å². The van der Waals surface area contributed by atoms with Gasteiger partial charge >= 0.3 is 0 Å². The molecule has 2 rings (SSSR count). The van der Waals surface area contributed by atoms with Crippen molar-refractivity contribution in [2.45, 2.75) is 26.3 Å². The zero-order valence-electron chi connectivity index (χ0n) is 9.10. The zero-order valence-corrected chi connectivity index (χ0v) is 9.85. The molecule has 0 N–H and O–H groups in total. The van der Waals surface area contributed by atoms with Crippen LogP contribution in [0.25, 0.3) is 0 Å². The van der Waals surface area contributed by atoms with Crippen molar-refractivity contribution < 1.29 is 0 Å². The minimum atomic E-state index is 0.425. The van der Waals surface area contributed by atoms with E-state index in [1.54, 1.807) is 6.20 Å². The molecule has 2 heterocycles. The summed E-state index contributed by atoms with van der Waals surface area (Å²) in [5, 5.41) is 8.36. The van der Waals surface area contributed by atoms with Gasteiger partial charge in [-0.1, -0.05) is 13.0 Å². The van der Waals surface area contributed by atoms with E-state index in [0.29, 0.717) is 11.8 Å². The van der Waals surface area contributed by atoms with Crippen LogP contribution in [0.1, 0.15) is 24.9 Å². The Balaban J connectivity index is 2.23. The highest BCUT2D eigenvalue weighted by molar-refractivity contribution is 6.28. The average Bonchev–Trinajstić information content (AvgIpc) is 2.64. The Labute approximate surface area is 99.3 Å². The molecule has 0 bridgehead atoms. The Bertz CT molecular complexity index is 452. The van der Waals surface area contributed by atoms with E-state index in [2.05, 4.69) is 22.1 Å². The molecule has 2 aromatic heterocycles. The van der Waals surface area contributed by atoms with E-state index >= 15 is 0 Å². The lowest BCUT2D eigenvalue weighted by molar-refractivity contribution is 0.694. The van der Waals surface area contributed by atoms with Gasteiger partial charge in [-0.3, -0.25) is 9.55 Å². The fourth-order valence-corrected chi connectivity index (χ4v) is 1.73. The van der Waals surface area contributed by atoms with E-state index in [9.17, 15) is 0 Å². The second-order valence-corrected chi connectivity index (χ2v) is 3.88. The molecule has 0 fully saturated rings. The number of aromatic nitrogens is 4. The van der Waals surface area contributed by atoms with Gasteiger partial charge in [-0.15, -0.1) is 10.2 Å². The minimum absolute atomic E-state index is 0.425. The standard InChI is InChI=1S/C11H13ClN4/c1-2-5-10-14-15-11(12)16(10)8-9-6-3-4-7-13-9/h3-4,6-7H,2,5,8H2,1H3. The minimum Gasteiger partial charge on any atom is -0.296 e. The van der Waals surface area contributed by atoms with Gasteiger partial charge in [0.15, 0.2) is 0 Å². The number of halogens is 1. The first-order chi connectivity index (χ1) is 7.81. The first kappa shape index (κ1) is 11.1. The van der Waals surface area contributed by atoms with Crippen molar-refractivity contribution >= 4 is 11.6 Å². The number of hydrogen-bond donors (Lipinski definition) is 0. The van der Waals surface area contributed by atoms with Crippen molar-refractivity contribution in [1.82, 2.24) is 19.7 Å². The summed E-state index contributed by atoms with van der Waals surface area (Å²) in [6.07, 6.45) is 3.68. The monoisotopic (exact) mass is 236 g/mol. The zero-order chi connectivity index (χ0) is 11.4. The van der Waals surface area contributed by atoms with Crippen LogP contribution in [0.2, 0.25) is 5.28 Å². The normalized spacial score (nSPS) is 10.6. The SMILES string of the molecule is CCCc1nnc(Cl)n1Cc1ccccn1. The maximum atomic E-state index is 5.99. The molecule has 0 aromatic carbocycles. The molecule has 4 nitrogen and oxygen atoms in total. The third-order valence-corrected chi connectivity index (χ3v) is 2.58. The molecule has 0 aliphatic rings. The molecule has 2 aromatic rings.